The SMILES string of the molecule is CC(Nc1cccc2c1C(=O)N(C1CCC(=O)NC1=O)C2=O)=C1C(=O)CC(c2ccccc2)CC1=O. The standard InChI is InChI=1S/C27H23N3O6/c1-14(23-20(31)12-16(13-21(23)32)15-6-3-2-4-7-15)28-18-9-5-8-17-24(18)27(36)30(26(17)35)19-10-11-22(33)29-25(19)34/h2-9,16,19,28H,10-13H2,1H3,(H,29,33,34). The number of hydrogen-bond donors (Lipinski definition) is 2. The fourth-order valence-electron chi connectivity index (χ4n) is 5.14. The Morgan fingerprint density at radius 1 is 0.889 bits per heavy atom. The molecule has 2 aromatic carbocycles. The van der Waals surface area contributed by atoms with Crippen molar-refractivity contribution in [3.05, 3.63) is 76.5 Å². The number of ketones is 2. The topological polar surface area (TPSA) is 130 Å². The molecule has 1 saturated heterocycles. The maximum atomic E-state index is 13.3. The second kappa shape index (κ2) is 8.99. The van der Waals surface area contributed by atoms with Crippen LogP contribution in [0.3, 0.4) is 0 Å². The van der Waals surface area contributed by atoms with Gasteiger partial charge in [-0.1, -0.05) is 36.4 Å². The highest BCUT2D eigenvalue weighted by Crippen LogP contribution is 2.35. The number of nitrogens with zero attached hydrogens (tertiary/aromatic N) is 1. The summed E-state index contributed by atoms with van der Waals surface area (Å²) in [7, 11) is 0. The third-order valence-electron chi connectivity index (χ3n) is 6.86. The lowest BCUT2D eigenvalue weighted by molar-refractivity contribution is -0.136. The molecule has 9 nitrogen and oxygen atoms in total. The van der Waals surface area contributed by atoms with Gasteiger partial charge < -0.3 is 5.32 Å². The van der Waals surface area contributed by atoms with Crippen LogP contribution in [0.2, 0.25) is 0 Å². The third kappa shape index (κ3) is 3.92. The molecule has 1 unspecified atom stereocenters. The van der Waals surface area contributed by atoms with Crippen LogP contribution >= 0.6 is 0 Å². The van der Waals surface area contributed by atoms with Crippen LogP contribution in [-0.2, 0) is 19.2 Å². The molecule has 5 rings (SSSR count). The molecule has 2 heterocycles. The first kappa shape index (κ1) is 23.3. The predicted octanol–water partition coefficient (Wildman–Crippen LogP) is 2.49. The number of fused-ring (bicyclic) bond motifs is 1. The molecule has 36 heavy (non-hydrogen) atoms. The predicted molar refractivity (Wildman–Crippen MR) is 128 cm³/mol. The van der Waals surface area contributed by atoms with E-state index in [1.165, 1.54) is 6.07 Å². The minimum Gasteiger partial charge on any atom is -0.358 e. The van der Waals surface area contributed by atoms with Crippen molar-refractivity contribution in [2.75, 3.05) is 5.32 Å². The Labute approximate surface area is 206 Å². The van der Waals surface area contributed by atoms with Gasteiger partial charge in [0.15, 0.2) is 11.6 Å². The van der Waals surface area contributed by atoms with Crippen molar-refractivity contribution in [1.82, 2.24) is 10.2 Å². The summed E-state index contributed by atoms with van der Waals surface area (Å²) in [4.78, 5) is 77.0. The smallest absolute Gasteiger partial charge is 0.264 e. The Kier molecular flexibility index (Phi) is 5.83. The molecule has 2 aliphatic heterocycles. The molecule has 2 fully saturated rings. The molecule has 1 atom stereocenters. The first-order valence-electron chi connectivity index (χ1n) is 11.7. The lowest BCUT2D eigenvalue weighted by Gasteiger charge is -2.28. The van der Waals surface area contributed by atoms with E-state index in [1.54, 1.807) is 19.1 Å². The highest BCUT2D eigenvalue weighted by atomic mass is 16.2. The second-order valence-corrected chi connectivity index (χ2v) is 9.16. The van der Waals surface area contributed by atoms with Crippen molar-refractivity contribution in [1.29, 1.82) is 0 Å². The van der Waals surface area contributed by atoms with Gasteiger partial charge in [-0.25, -0.2) is 0 Å². The van der Waals surface area contributed by atoms with E-state index >= 15 is 0 Å². The monoisotopic (exact) mass is 485 g/mol. The van der Waals surface area contributed by atoms with Crippen molar-refractivity contribution in [2.45, 2.75) is 44.6 Å². The van der Waals surface area contributed by atoms with Gasteiger partial charge >= 0.3 is 0 Å². The second-order valence-electron chi connectivity index (χ2n) is 9.16. The average molecular weight is 485 g/mol. The molecule has 2 N–H and O–H groups in total. The number of benzene rings is 2. The van der Waals surface area contributed by atoms with Crippen LogP contribution in [0, 0.1) is 0 Å². The van der Waals surface area contributed by atoms with E-state index in [-0.39, 0.29) is 65.6 Å². The Morgan fingerprint density at radius 2 is 1.58 bits per heavy atom. The van der Waals surface area contributed by atoms with Crippen LogP contribution in [0.5, 0.6) is 0 Å². The lowest BCUT2D eigenvalue weighted by atomic mass is 9.79. The molecule has 9 heteroatoms. The summed E-state index contributed by atoms with van der Waals surface area (Å²) >= 11 is 0. The molecular formula is C27H23N3O6. The van der Waals surface area contributed by atoms with Gasteiger partial charge in [0, 0.05) is 25.0 Å². The van der Waals surface area contributed by atoms with Crippen LogP contribution in [0.1, 0.15) is 64.8 Å². The molecule has 0 radical (unpaired) electrons. The Balaban J connectivity index is 1.42. The summed E-state index contributed by atoms with van der Waals surface area (Å²) < 4.78 is 0. The summed E-state index contributed by atoms with van der Waals surface area (Å²) in [6, 6.07) is 13.0. The van der Waals surface area contributed by atoms with Crippen LogP contribution in [0.15, 0.2) is 59.8 Å². The number of carbonyl (C=O) groups is 6. The van der Waals surface area contributed by atoms with E-state index < -0.39 is 29.7 Å². The number of rotatable bonds is 4. The van der Waals surface area contributed by atoms with Crippen molar-refractivity contribution < 1.29 is 28.8 Å². The summed E-state index contributed by atoms with van der Waals surface area (Å²) in [5.74, 6) is -3.21. The molecule has 0 aromatic heterocycles. The van der Waals surface area contributed by atoms with E-state index in [2.05, 4.69) is 10.6 Å². The maximum Gasteiger partial charge on any atom is 0.264 e. The highest BCUT2D eigenvalue weighted by Gasteiger charge is 2.45. The third-order valence-corrected chi connectivity index (χ3v) is 6.86. The number of Topliss-reactive ketones (excluding diaryl/α,β-unsaturated/α-hetero) is 2. The van der Waals surface area contributed by atoms with Crippen LogP contribution in [0.25, 0.3) is 0 Å². The summed E-state index contributed by atoms with van der Waals surface area (Å²) in [5, 5.41) is 5.17. The lowest BCUT2D eigenvalue weighted by Crippen LogP contribution is -2.54. The number of nitrogens with one attached hydrogen (secondary N) is 2. The number of anilines is 1. The zero-order valence-corrected chi connectivity index (χ0v) is 19.5. The molecule has 4 amide bonds. The van der Waals surface area contributed by atoms with Crippen molar-refractivity contribution in [2.24, 2.45) is 0 Å². The van der Waals surface area contributed by atoms with E-state index in [9.17, 15) is 28.8 Å². The molecule has 2 aromatic rings. The first-order valence-corrected chi connectivity index (χ1v) is 11.7. The normalized spacial score (nSPS) is 22.0. The van der Waals surface area contributed by atoms with Crippen molar-refractivity contribution >= 4 is 40.9 Å². The highest BCUT2D eigenvalue weighted by molar-refractivity contribution is 6.26. The zero-order valence-electron chi connectivity index (χ0n) is 19.5. The first-order chi connectivity index (χ1) is 17.3. The van der Waals surface area contributed by atoms with Gasteiger partial charge in [0.2, 0.25) is 11.8 Å². The average Bonchev–Trinajstić information content (AvgIpc) is 3.10. The van der Waals surface area contributed by atoms with Crippen LogP contribution in [-0.4, -0.2) is 46.1 Å². The molecule has 182 valence electrons. The molecule has 0 bridgehead atoms. The van der Waals surface area contributed by atoms with Gasteiger partial charge in [-0.15, -0.1) is 0 Å². The summed E-state index contributed by atoms with van der Waals surface area (Å²) in [6.07, 6.45) is 0.456. The summed E-state index contributed by atoms with van der Waals surface area (Å²) in [5.41, 5.74) is 1.71. The fraction of sp³-hybridized carbons (Fsp3) is 0.259. The van der Waals surface area contributed by atoms with E-state index in [1.807, 2.05) is 30.3 Å². The van der Waals surface area contributed by atoms with E-state index in [0.29, 0.717) is 5.70 Å². The van der Waals surface area contributed by atoms with Crippen LogP contribution < -0.4 is 10.6 Å². The van der Waals surface area contributed by atoms with E-state index in [4.69, 9.17) is 0 Å². The number of piperidine rings is 1. The quantitative estimate of drug-likeness (QED) is 0.387. The Bertz CT molecular complexity index is 1360. The molecule has 3 aliphatic rings. The molecule has 1 saturated carbocycles. The molecule has 0 spiro atoms. The Morgan fingerprint density at radius 3 is 2.25 bits per heavy atom. The van der Waals surface area contributed by atoms with Gasteiger partial charge in [-0.05, 0) is 37.0 Å². The largest absolute Gasteiger partial charge is 0.358 e. The van der Waals surface area contributed by atoms with Crippen molar-refractivity contribution in [3.8, 4) is 0 Å². The fourth-order valence-corrected chi connectivity index (χ4v) is 5.14. The maximum absolute atomic E-state index is 13.3. The number of imide groups is 2. The Hall–Kier alpha value is -4.40. The molecule has 1 aliphatic carbocycles. The van der Waals surface area contributed by atoms with Crippen LogP contribution in [0.4, 0.5) is 5.69 Å². The van der Waals surface area contributed by atoms with Gasteiger partial charge in [0.1, 0.15) is 6.04 Å². The number of carbonyl (C=O) groups excluding carboxylic acids is 6. The number of amides is 4. The van der Waals surface area contributed by atoms with E-state index in [0.717, 1.165) is 10.5 Å². The van der Waals surface area contributed by atoms with Gasteiger partial charge in [0.25, 0.3) is 11.8 Å². The minimum atomic E-state index is -1.08. The number of hydrogen-bond acceptors (Lipinski definition) is 7. The van der Waals surface area contributed by atoms with Gasteiger partial charge in [-0.3, -0.25) is 39.0 Å². The molecular weight excluding hydrogens is 462 g/mol. The van der Waals surface area contributed by atoms with Gasteiger partial charge in [-0.2, -0.15) is 0 Å². The van der Waals surface area contributed by atoms with Gasteiger partial charge in [0.05, 0.1) is 22.4 Å². The number of allylic oxidation sites excluding steroid dienone is 2. The summed E-state index contributed by atoms with van der Waals surface area (Å²) in [6.45, 7) is 1.59. The van der Waals surface area contributed by atoms with Crippen molar-refractivity contribution in [3.63, 3.8) is 0 Å². The zero-order chi connectivity index (χ0) is 25.6. The minimum absolute atomic E-state index is 0.0221.